The fraction of sp³-hybridized carbons (Fsp3) is 0.120. The molecule has 1 N–H and O–H groups in total. The molecule has 4 aromatic rings. The Hall–Kier alpha value is -3.98. The molecule has 0 aliphatic carbocycles. The predicted molar refractivity (Wildman–Crippen MR) is 135 cm³/mol. The van der Waals surface area contributed by atoms with Gasteiger partial charge in [0.05, 0.1) is 34.4 Å². The van der Waals surface area contributed by atoms with Gasteiger partial charge in [-0.3, -0.25) is 4.79 Å². The van der Waals surface area contributed by atoms with E-state index in [9.17, 15) is 9.90 Å². The lowest BCUT2D eigenvalue weighted by Crippen LogP contribution is -2.22. The third kappa shape index (κ3) is 4.99. The van der Waals surface area contributed by atoms with Crippen molar-refractivity contribution in [1.29, 1.82) is 0 Å². The first-order valence-electron chi connectivity index (χ1n) is 10.3. The summed E-state index contributed by atoms with van der Waals surface area (Å²) in [6.07, 6.45) is 1.36. The molecule has 4 rings (SSSR count). The number of phenols is 1. The average Bonchev–Trinajstić information content (AvgIpc) is 2.86. The van der Waals surface area contributed by atoms with Crippen LogP contribution in [0.3, 0.4) is 0 Å². The molecule has 0 fully saturated rings. The van der Waals surface area contributed by atoms with Crippen LogP contribution < -0.4 is 10.3 Å². The number of hydrogen-bond donors (Lipinski definition) is 1. The number of rotatable bonds is 7. The van der Waals surface area contributed by atoms with Gasteiger partial charge in [-0.25, -0.2) is 4.98 Å². The van der Waals surface area contributed by atoms with E-state index in [0.29, 0.717) is 32.4 Å². The number of ether oxygens (including phenoxy) is 1. The molecule has 34 heavy (non-hydrogen) atoms. The number of halogens is 1. The van der Waals surface area contributed by atoms with Crippen molar-refractivity contribution in [1.82, 2.24) is 9.66 Å². The first-order chi connectivity index (χ1) is 16.5. The minimum atomic E-state index is -0.370. The van der Waals surface area contributed by atoms with Crippen molar-refractivity contribution in [2.45, 2.75) is 13.5 Å². The quantitative estimate of drug-likeness (QED) is 0.281. The first-order valence-corrected chi connectivity index (χ1v) is 11.1. The predicted octanol–water partition coefficient (Wildman–Crippen LogP) is 4.70. The maximum Gasteiger partial charge on any atom is 0.282 e. The zero-order valence-corrected chi connectivity index (χ0v) is 20.1. The molecule has 0 radical (unpaired) electrons. The zero-order chi connectivity index (χ0) is 24.1. The van der Waals surface area contributed by atoms with E-state index in [1.54, 1.807) is 36.4 Å². The lowest BCUT2D eigenvalue weighted by Gasteiger charge is -2.10. The van der Waals surface area contributed by atoms with Crippen molar-refractivity contribution in [3.63, 3.8) is 0 Å². The Labute approximate surface area is 203 Å². The standard InChI is InChI=1S/C25H21BrN4O4/c1-16(17-8-4-3-5-9-17)29-34-15-23-28-22-11-7-6-10-20(22)25(32)30(23)27-14-18-12-19(33-2)13-21(26)24(18)31/h3-14,31H,15H2,1-2H3. The van der Waals surface area contributed by atoms with Crippen molar-refractivity contribution in [2.24, 2.45) is 10.3 Å². The van der Waals surface area contributed by atoms with E-state index in [1.807, 2.05) is 37.3 Å². The van der Waals surface area contributed by atoms with Gasteiger partial charge in [0.1, 0.15) is 11.5 Å². The van der Waals surface area contributed by atoms with Crippen LogP contribution in [0.2, 0.25) is 0 Å². The van der Waals surface area contributed by atoms with E-state index in [4.69, 9.17) is 9.57 Å². The number of methoxy groups -OCH3 is 1. The molecular formula is C25H21BrN4O4. The summed E-state index contributed by atoms with van der Waals surface area (Å²) in [5, 5.41) is 19.2. The molecule has 3 aromatic carbocycles. The second-order valence-electron chi connectivity index (χ2n) is 7.27. The highest BCUT2D eigenvalue weighted by molar-refractivity contribution is 9.10. The van der Waals surface area contributed by atoms with Crippen LogP contribution in [0.25, 0.3) is 10.9 Å². The summed E-state index contributed by atoms with van der Waals surface area (Å²) in [6.45, 7) is 1.74. The Morgan fingerprint density at radius 3 is 2.65 bits per heavy atom. The van der Waals surface area contributed by atoms with Crippen LogP contribution >= 0.6 is 15.9 Å². The van der Waals surface area contributed by atoms with Gasteiger partial charge in [0, 0.05) is 5.56 Å². The summed E-state index contributed by atoms with van der Waals surface area (Å²) in [5.74, 6) is 0.739. The Morgan fingerprint density at radius 2 is 1.88 bits per heavy atom. The Kier molecular flexibility index (Phi) is 7.03. The van der Waals surface area contributed by atoms with E-state index < -0.39 is 0 Å². The monoisotopic (exact) mass is 520 g/mol. The molecule has 0 bridgehead atoms. The smallest absolute Gasteiger partial charge is 0.282 e. The van der Waals surface area contributed by atoms with Crippen LogP contribution in [0, 0.1) is 0 Å². The van der Waals surface area contributed by atoms with Crippen LogP contribution in [-0.2, 0) is 11.4 Å². The van der Waals surface area contributed by atoms with Crippen LogP contribution in [0.4, 0.5) is 0 Å². The van der Waals surface area contributed by atoms with Gasteiger partial charge in [-0.05, 0) is 52.7 Å². The molecule has 0 atom stereocenters. The van der Waals surface area contributed by atoms with Crippen molar-refractivity contribution in [2.75, 3.05) is 7.11 Å². The summed E-state index contributed by atoms with van der Waals surface area (Å²) in [7, 11) is 1.52. The largest absolute Gasteiger partial charge is 0.506 e. The third-order valence-electron chi connectivity index (χ3n) is 5.02. The molecule has 0 unspecified atom stereocenters. The van der Waals surface area contributed by atoms with Crippen LogP contribution in [0.15, 0.2) is 86.3 Å². The maximum atomic E-state index is 13.2. The van der Waals surface area contributed by atoms with Crippen LogP contribution in [-0.4, -0.2) is 33.8 Å². The molecule has 0 aliphatic rings. The molecule has 0 amide bonds. The lowest BCUT2D eigenvalue weighted by atomic mass is 10.1. The SMILES string of the molecule is COc1cc(Br)c(O)c(C=Nn2c(CON=C(C)c3ccccc3)nc3ccccc3c2=O)c1. The number of oxime groups is 1. The lowest BCUT2D eigenvalue weighted by molar-refractivity contribution is 0.122. The molecule has 172 valence electrons. The average molecular weight is 521 g/mol. The Bertz CT molecular complexity index is 1450. The summed E-state index contributed by atoms with van der Waals surface area (Å²) in [4.78, 5) is 23.3. The molecule has 0 spiro atoms. The molecule has 0 saturated heterocycles. The van der Waals surface area contributed by atoms with E-state index in [0.717, 1.165) is 10.2 Å². The molecule has 1 aromatic heterocycles. The number of benzene rings is 3. The highest BCUT2D eigenvalue weighted by Crippen LogP contribution is 2.31. The summed E-state index contributed by atoms with van der Waals surface area (Å²) < 4.78 is 6.82. The van der Waals surface area contributed by atoms with Gasteiger partial charge in [0.15, 0.2) is 12.4 Å². The normalized spacial score (nSPS) is 11.8. The van der Waals surface area contributed by atoms with Gasteiger partial charge in [0.25, 0.3) is 5.56 Å². The van der Waals surface area contributed by atoms with Gasteiger partial charge in [0.2, 0.25) is 0 Å². The van der Waals surface area contributed by atoms with E-state index >= 15 is 0 Å². The number of phenolic OH excluding ortho intramolecular Hbond substituents is 1. The first kappa shape index (κ1) is 23.2. The molecule has 1 heterocycles. The number of aromatic nitrogens is 2. The van der Waals surface area contributed by atoms with Gasteiger partial charge < -0.3 is 14.7 Å². The summed E-state index contributed by atoms with van der Waals surface area (Å²) in [6, 6.07) is 19.8. The fourth-order valence-corrected chi connectivity index (χ4v) is 3.69. The van der Waals surface area contributed by atoms with Crippen molar-refractivity contribution in [3.8, 4) is 11.5 Å². The Balaban J connectivity index is 1.72. The van der Waals surface area contributed by atoms with Gasteiger partial charge >= 0.3 is 0 Å². The number of nitrogens with zero attached hydrogens (tertiary/aromatic N) is 4. The molecular weight excluding hydrogens is 500 g/mol. The molecule has 9 heteroatoms. The highest BCUT2D eigenvalue weighted by atomic mass is 79.9. The van der Waals surface area contributed by atoms with Crippen molar-refractivity contribution >= 4 is 38.8 Å². The van der Waals surface area contributed by atoms with Crippen molar-refractivity contribution < 1.29 is 14.7 Å². The number of hydrogen-bond acceptors (Lipinski definition) is 7. The van der Waals surface area contributed by atoms with E-state index in [-0.39, 0.29) is 23.7 Å². The topological polar surface area (TPSA) is 98.3 Å². The second kappa shape index (κ2) is 10.3. The summed E-state index contributed by atoms with van der Waals surface area (Å²) >= 11 is 3.29. The van der Waals surface area contributed by atoms with E-state index in [1.165, 1.54) is 13.3 Å². The molecule has 0 aliphatic heterocycles. The van der Waals surface area contributed by atoms with Crippen LogP contribution in [0.5, 0.6) is 11.5 Å². The number of aromatic hydroxyl groups is 1. The van der Waals surface area contributed by atoms with Gasteiger partial charge in [-0.15, -0.1) is 0 Å². The fourth-order valence-electron chi connectivity index (χ4n) is 3.23. The number of para-hydroxylation sites is 1. The summed E-state index contributed by atoms with van der Waals surface area (Å²) in [5.41, 5.74) is 2.11. The van der Waals surface area contributed by atoms with Gasteiger partial charge in [-0.2, -0.15) is 9.78 Å². The van der Waals surface area contributed by atoms with Crippen LogP contribution in [0.1, 0.15) is 23.9 Å². The maximum absolute atomic E-state index is 13.2. The second-order valence-corrected chi connectivity index (χ2v) is 8.12. The number of fused-ring (bicyclic) bond motifs is 1. The molecule has 0 saturated carbocycles. The third-order valence-corrected chi connectivity index (χ3v) is 5.63. The minimum Gasteiger partial charge on any atom is -0.506 e. The molecule has 8 nitrogen and oxygen atoms in total. The highest BCUT2D eigenvalue weighted by Gasteiger charge is 2.12. The van der Waals surface area contributed by atoms with E-state index in [2.05, 4.69) is 31.2 Å². The van der Waals surface area contributed by atoms with Crippen molar-refractivity contribution in [3.05, 3.63) is 98.5 Å². The van der Waals surface area contributed by atoms with Gasteiger partial charge in [-0.1, -0.05) is 47.6 Å². The zero-order valence-electron chi connectivity index (χ0n) is 18.5. The Morgan fingerprint density at radius 1 is 1.15 bits per heavy atom. The minimum absolute atomic E-state index is 0.0350.